The van der Waals surface area contributed by atoms with E-state index in [9.17, 15) is 4.79 Å². The number of methoxy groups -OCH3 is 1. The number of nitrogens with zero attached hydrogens (tertiary/aromatic N) is 1. The number of aliphatic imine (C=N–C) groups is 1. The van der Waals surface area contributed by atoms with Crippen molar-refractivity contribution in [3.63, 3.8) is 0 Å². The molecule has 5 nitrogen and oxygen atoms in total. The maximum Gasteiger partial charge on any atom is 0.363 e. The second-order valence-electron chi connectivity index (χ2n) is 5.13. The largest absolute Gasteiger partial charge is 0.493 e. The number of benzene rings is 2. The van der Waals surface area contributed by atoms with E-state index >= 15 is 0 Å². The summed E-state index contributed by atoms with van der Waals surface area (Å²) in [6, 6.07) is 12.9. The fourth-order valence-corrected chi connectivity index (χ4v) is 2.87. The zero-order valence-electron chi connectivity index (χ0n) is 13.8. The molecule has 0 unspecified atom stereocenters. The highest BCUT2D eigenvalue weighted by Crippen LogP contribution is 2.33. The van der Waals surface area contributed by atoms with Crippen molar-refractivity contribution in [3.05, 3.63) is 63.8 Å². The van der Waals surface area contributed by atoms with Crippen LogP contribution >= 0.6 is 15.9 Å². The summed E-state index contributed by atoms with van der Waals surface area (Å²) in [5.74, 6) is 0.926. The molecule has 1 heterocycles. The summed E-state index contributed by atoms with van der Waals surface area (Å²) in [7, 11) is 1.57. The third kappa shape index (κ3) is 3.58. The van der Waals surface area contributed by atoms with Crippen LogP contribution in [0.15, 0.2) is 57.6 Å². The predicted molar refractivity (Wildman–Crippen MR) is 98.9 cm³/mol. The van der Waals surface area contributed by atoms with E-state index in [2.05, 4.69) is 20.9 Å². The van der Waals surface area contributed by atoms with Gasteiger partial charge in [0.15, 0.2) is 17.2 Å². The van der Waals surface area contributed by atoms with Gasteiger partial charge >= 0.3 is 5.97 Å². The first-order valence-electron chi connectivity index (χ1n) is 7.71. The summed E-state index contributed by atoms with van der Waals surface area (Å²) in [6.07, 6.45) is 1.64. The highest BCUT2D eigenvalue weighted by molar-refractivity contribution is 9.10. The van der Waals surface area contributed by atoms with Crippen LogP contribution in [0.1, 0.15) is 18.1 Å². The van der Waals surface area contributed by atoms with Crippen molar-refractivity contribution in [2.45, 2.75) is 6.92 Å². The number of hydrogen-bond acceptors (Lipinski definition) is 5. The predicted octanol–water partition coefficient (Wildman–Crippen LogP) is 4.20. The van der Waals surface area contributed by atoms with Gasteiger partial charge in [-0.3, -0.25) is 0 Å². The van der Waals surface area contributed by atoms with Crippen molar-refractivity contribution in [2.24, 2.45) is 4.99 Å². The van der Waals surface area contributed by atoms with Crippen LogP contribution in [0, 0.1) is 0 Å². The van der Waals surface area contributed by atoms with Crippen molar-refractivity contribution in [1.29, 1.82) is 0 Å². The van der Waals surface area contributed by atoms with Gasteiger partial charge in [-0.2, -0.15) is 0 Å². The maximum absolute atomic E-state index is 12.2. The van der Waals surface area contributed by atoms with Crippen molar-refractivity contribution >= 4 is 33.9 Å². The van der Waals surface area contributed by atoms with Crippen molar-refractivity contribution in [1.82, 2.24) is 0 Å². The first-order valence-corrected chi connectivity index (χ1v) is 8.50. The molecule has 0 spiro atoms. The third-order valence-corrected chi connectivity index (χ3v) is 4.23. The molecule has 0 amide bonds. The third-order valence-electron chi connectivity index (χ3n) is 3.53. The van der Waals surface area contributed by atoms with Gasteiger partial charge in [-0.25, -0.2) is 9.79 Å². The number of carbonyl (C=O) groups is 1. The number of hydrogen-bond donors (Lipinski definition) is 0. The fraction of sp³-hybridized carbons (Fsp3) is 0.158. The molecule has 1 aliphatic rings. The van der Waals surface area contributed by atoms with Crippen LogP contribution in [0.3, 0.4) is 0 Å². The van der Waals surface area contributed by atoms with Crippen LogP contribution in [0.25, 0.3) is 6.08 Å². The van der Waals surface area contributed by atoms with Gasteiger partial charge in [0.1, 0.15) is 0 Å². The average molecular weight is 402 g/mol. The minimum absolute atomic E-state index is 0.208. The Kier molecular flexibility index (Phi) is 5.19. The Labute approximate surface area is 154 Å². The molecule has 2 aromatic rings. The number of rotatable bonds is 5. The minimum Gasteiger partial charge on any atom is -0.493 e. The molecule has 0 aliphatic carbocycles. The summed E-state index contributed by atoms with van der Waals surface area (Å²) < 4.78 is 17.1. The van der Waals surface area contributed by atoms with Crippen LogP contribution in [-0.2, 0) is 9.53 Å². The molecule has 0 bridgehead atoms. The van der Waals surface area contributed by atoms with Gasteiger partial charge in [-0.05, 0) is 47.1 Å². The molecule has 2 aromatic carbocycles. The Morgan fingerprint density at radius 1 is 1.20 bits per heavy atom. The Morgan fingerprint density at radius 2 is 2.00 bits per heavy atom. The lowest BCUT2D eigenvalue weighted by Gasteiger charge is -2.11. The number of esters is 1. The average Bonchev–Trinajstić information content (AvgIpc) is 2.97. The molecule has 6 heteroatoms. The van der Waals surface area contributed by atoms with E-state index in [0.29, 0.717) is 23.7 Å². The molecule has 0 radical (unpaired) electrons. The zero-order valence-corrected chi connectivity index (χ0v) is 15.4. The van der Waals surface area contributed by atoms with Crippen molar-refractivity contribution in [2.75, 3.05) is 13.7 Å². The quantitative estimate of drug-likeness (QED) is 0.556. The molecule has 128 valence electrons. The molecule has 1 aliphatic heterocycles. The molecule has 0 saturated heterocycles. The Hall–Kier alpha value is -2.60. The lowest BCUT2D eigenvalue weighted by atomic mass is 10.1. The van der Waals surface area contributed by atoms with Crippen LogP contribution in [0.2, 0.25) is 0 Å². The summed E-state index contributed by atoms with van der Waals surface area (Å²) in [5.41, 5.74) is 1.63. The van der Waals surface area contributed by atoms with Gasteiger partial charge in [-0.1, -0.05) is 24.3 Å². The van der Waals surface area contributed by atoms with E-state index in [1.54, 1.807) is 19.3 Å². The van der Waals surface area contributed by atoms with Crippen LogP contribution < -0.4 is 9.47 Å². The van der Waals surface area contributed by atoms with E-state index in [1.165, 1.54) is 0 Å². The van der Waals surface area contributed by atoms with E-state index in [1.807, 2.05) is 43.3 Å². The molecule has 0 fully saturated rings. The number of halogens is 1. The molecule has 0 saturated carbocycles. The molecule has 3 rings (SSSR count). The highest BCUT2D eigenvalue weighted by Gasteiger charge is 2.26. The summed E-state index contributed by atoms with van der Waals surface area (Å²) in [6.45, 7) is 2.36. The van der Waals surface area contributed by atoms with Crippen molar-refractivity contribution in [3.8, 4) is 11.5 Å². The molecule has 0 atom stereocenters. The van der Waals surface area contributed by atoms with E-state index in [4.69, 9.17) is 14.2 Å². The van der Waals surface area contributed by atoms with E-state index in [-0.39, 0.29) is 11.6 Å². The summed E-state index contributed by atoms with van der Waals surface area (Å²) >= 11 is 3.44. The number of carbonyl (C=O) groups excluding carboxylic acids is 1. The van der Waals surface area contributed by atoms with Gasteiger partial charge in [0, 0.05) is 10.0 Å². The standard InChI is InChI=1S/C19H16BrNO4/c1-3-24-17-12(7-6-10-16(17)23-2)11-15-19(22)25-18(21-15)13-8-4-5-9-14(13)20/h4-11H,3H2,1-2H3/b15-11-. The van der Waals surface area contributed by atoms with Gasteiger partial charge in [0.2, 0.25) is 5.90 Å². The van der Waals surface area contributed by atoms with E-state index < -0.39 is 5.97 Å². The molecule has 0 aromatic heterocycles. The van der Waals surface area contributed by atoms with Gasteiger partial charge in [-0.15, -0.1) is 0 Å². The van der Waals surface area contributed by atoms with Gasteiger partial charge < -0.3 is 14.2 Å². The highest BCUT2D eigenvalue weighted by atomic mass is 79.9. The van der Waals surface area contributed by atoms with Crippen LogP contribution in [0.4, 0.5) is 0 Å². The SMILES string of the molecule is CCOc1c(/C=C2\N=C(c3ccccc3Br)OC2=O)cccc1OC. The van der Waals surface area contributed by atoms with Gasteiger partial charge in [0.25, 0.3) is 0 Å². The molecule has 25 heavy (non-hydrogen) atoms. The van der Waals surface area contributed by atoms with Crippen LogP contribution in [0.5, 0.6) is 11.5 Å². The number of ether oxygens (including phenoxy) is 3. The Morgan fingerprint density at radius 3 is 2.72 bits per heavy atom. The number of para-hydroxylation sites is 1. The monoisotopic (exact) mass is 401 g/mol. The zero-order chi connectivity index (χ0) is 17.8. The van der Waals surface area contributed by atoms with E-state index in [0.717, 1.165) is 10.0 Å². The lowest BCUT2D eigenvalue weighted by Crippen LogP contribution is -2.06. The summed E-state index contributed by atoms with van der Waals surface area (Å²) in [4.78, 5) is 16.5. The molecule has 0 N–H and O–H groups in total. The smallest absolute Gasteiger partial charge is 0.363 e. The second-order valence-corrected chi connectivity index (χ2v) is 5.98. The Bertz CT molecular complexity index is 873. The Balaban J connectivity index is 2.02. The topological polar surface area (TPSA) is 57.1 Å². The second kappa shape index (κ2) is 7.53. The summed E-state index contributed by atoms with van der Waals surface area (Å²) in [5, 5.41) is 0. The normalized spacial score (nSPS) is 15.1. The van der Waals surface area contributed by atoms with Crippen LogP contribution in [-0.4, -0.2) is 25.6 Å². The fourth-order valence-electron chi connectivity index (χ4n) is 2.41. The first-order chi connectivity index (χ1) is 12.1. The number of cyclic esters (lactones) is 1. The minimum atomic E-state index is -0.504. The molecular formula is C19H16BrNO4. The van der Waals surface area contributed by atoms with Crippen molar-refractivity contribution < 1.29 is 19.0 Å². The molecular weight excluding hydrogens is 386 g/mol. The lowest BCUT2D eigenvalue weighted by molar-refractivity contribution is -0.129. The maximum atomic E-state index is 12.2. The van der Waals surface area contributed by atoms with Gasteiger partial charge in [0.05, 0.1) is 19.3 Å². The first kappa shape index (κ1) is 17.2.